The minimum absolute atomic E-state index is 0.0580. The number of thioether (sulfide) groups is 1. The number of benzene rings is 2. The average molecular weight is 426 g/mol. The molecule has 8 heteroatoms. The lowest BCUT2D eigenvalue weighted by Crippen LogP contribution is -2.26. The Hall–Kier alpha value is -2.74. The molecule has 5 rings (SSSR count). The van der Waals surface area contributed by atoms with E-state index >= 15 is 0 Å². The zero-order valence-electron chi connectivity index (χ0n) is 16.2. The van der Waals surface area contributed by atoms with Crippen molar-refractivity contribution in [3.8, 4) is 0 Å². The Kier molecular flexibility index (Phi) is 5.02. The van der Waals surface area contributed by atoms with Crippen molar-refractivity contribution >= 4 is 33.7 Å². The third kappa shape index (κ3) is 3.29. The Morgan fingerprint density at radius 1 is 1.00 bits per heavy atom. The number of fused-ring (bicyclic) bond motifs is 2. The van der Waals surface area contributed by atoms with E-state index in [1.165, 1.54) is 11.8 Å². The van der Waals surface area contributed by atoms with Gasteiger partial charge in [-0.25, -0.2) is 9.97 Å². The van der Waals surface area contributed by atoms with E-state index in [-0.39, 0.29) is 23.2 Å². The standard InChI is InChI=1S/C22H20F2N4OS/c23-21(24)28-18-12-6-5-11-17(18)25-19(28)13-30-22-26-16-10-4-3-9-15(16)20(29)27(22)14-7-1-2-8-14/h3-6,9-12,14,21H,1-2,7-8,13H2. The van der Waals surface area contributed by atoms with Gasteiger partial charge < -0.3 is 0 Å². The Morgan fingerprint density at radius 2 is 1.70 bits per heavy atom. The molecule has 5 nitrogen and oxygen atoms in total. The smallest absolute Gasteiger partial charge is 0.284 e. The SMILES string of the molecule is O=c1c2ccccc2nc(SCc2nc3ccccc3n2C(F)F)n1C1CCCC1. The van der Waals surface area contributed by atoms with Gasteiger partial charge >= 0.3 is 6.55 Å². The lowest BCUT2D eigenvalue weighted by molar-refractivity contribution is 0.0722. The molecule has 1 aliphatic rings. The first-order valence-corrected chi connectivity index (χ1v) is 11.0. The Labute approximate surface area is 175 Å². The van der Waals surface area contributed by atoms with Gasteiger partial charge in [0.2, 0.25) is 0 Å². The molecule has 2 aromatic heterocycles. The second-order valence-corrected chi connectivity index (χ2v) is 8.42. The van der Waals surface area contributed by atoms with Crippen LogP contribution in [0.4, 0.5) is 8.78 Å². The molecule has 1 saturated carbocycles. The highest BCUT2D eigenvalue weighted by Crippen LogP contribution is 2.34. The minimum atomic E-state index is -2.69. The Balaban J connectivity index is 1.57. The van der Waals surface area contributed by atoms with Gasteiger partial charge in [0.15, 0.2) is 5.16 Å². The molecule has 0 unspecified atom stereocenters. The van der Waals surface area contributed by atoms with E-state index in [0.717, 1.165) is 30.3 Å². The zero-order valence-corrected chi connectivity index (χ0v) is 17.0. The lowest BCUT2D eigenvalue weighted by atomic mass is 10.2. The average Bonchev–Trinajstić information content (AvgIpc) is 3.40. The highest BCUT2D eigenvalue weighted by Gasteiger charge is 2.24. The fourth-order valence-electron chi connectivity index (χ4n) is 4.25. The molecule has 0 spiro atoms. The van der Waals surface area contributed by atoms with E-state index in [1.54, 1.807) is 34.9 Å². The van der Waals surface area contributed by atoms with E-state index in [4.69, 9.17) is 4.98 Å². The predicted molar refractivity (Wildman–Crippen MR) is 114 cm³/mol. The molecule has 1 aliphatic carbocycles. The van der Waals surface area contributed by atoms with Crippen LogP contribution in [0.25, 0.3) is 21.9 Å². The van der Waals surface area contributed by atoms with Crippen LogP contribution in [0.3, 0.4) is 0 Å². The van der Waals surface area contributed by atoms with Gasteiger partial charge in [-0.2, -0.15) is 8.78 Å². The largest absolute Gasteiger partial charge is 0.320 e. The summed E-state index contributed by atoms with van der Waals surface area (Å²) in [6.07, 6.45) is 4.02. The molecule has 0 radical (unpaired) electrons. The van der Waals surface area contributed by atoms with Crippen molar-refractivity contribution in [1.29, 1.82) is 0 Å². The molecular weight excluding hydrogens is 406 g/mol. The van der Waals surface area contributed by atoms with Gasteiger partial charge in [-0.1, -0.05) is 48.9 Å². The summed E-state index contributed by atoms with van der Waals surface area (Å²) in [5, 5.41) is 1.16. The number of rotatable bonds is 5. The number of halogens is 2. The molecule has 30 heavy (non-hydrogen) atoms. The van der Waals surface area contributed by atoms with Crippen LogP contribution < -0.4 is 5.56 Å². The van der Waals surface area contributed by atoms with Crippen molar-refractivity contribution in [3.05, 3.63) is 64.7 Å². The van der Waals surface area contributed by atoms with Crippen molar-refractivity contribution in [3.63, 3.8) is 0 Å². The molecular formula is C22H20F2N4OS. The van der Waals surface area contributed by atoms with Crippen LogP contribution in [0.2, 0.25) is 0 Å². The summed E-state index contributed by atoms with van der Waals surface area (Å²) in [6, 6.07) is 14.3. The number of alkyl halides is 2. The number of hydrogen-bond donors (Lipinski definition) is 0. The van der Waals surface area contributed by atoms with Gasteiger partial charge in [0, 0.05) is 6.04 Å². The van der Waals surface area contributed by atoms with E-state index in [1.807, 2.05) is 18.2 Å². The minimum Gasteiger partial charge on any atom is -0.284 e. The van der Waals surface area contributed by atoms with Crippen molar-refractivity contribution in [2.75, 3.05) is 0 Å². The summed E-state index contributed by atoms with van der Waals surface area (Å²) in [7, 11) is 0. The van der Waals surface area contributed by atoms with Gasteiger partial charge in [0.25, 0.3) is 5.56 Å². The third-order valence-corrected chi connectivity index (χ3v) is 6.61. The van der Waals surface area contributed by atoms with Gasteiger partial charge in [0.1, 0.15) is 5.82 Å². The molecule has 2 heterocycles. The van der Waals surface area contributed by atoms with Crippen LogP contribution >= 0.6 is 11.8 Å². The maximum Gasteiger partial charge on any atom is 0.320 e. The van der Waals surface area contributed by atoms with Crippen LogP contribution in [-0.2, 0) is 5.75 Å². The zero-order chi connectivity index (χ0) is 20.7. The van der Waals surface area contributed by atoms with Crippen LogP contribution in [0.1, 0.15) is 44.1 Å². The summed E-state index contributed by atoms with van der Waals surface area (Å²) in [4.78, 5) is 22.4. The number of hydrogen-bond acceptors (Lipinski definition) is 4. The quantitative estimate of drug-likeness (QED) is 0.310. The van der Waals surface area contributed by atoms with Gasteiger partial charge in [-0.05, 0) is 37.1 Å². The van der Waals surface area contributed by atoms with Crippen molar-refractivity contribution in [2.24, 2.45) is 0 Å². The summed E-state index contributed by atoms with van der Waals surface area (Å²) in [6.45, 7) is -2.69. The molecule has 154 valence electrons. The molecule has 0 bridgehead atoms. The third-order valence-electron chi connectivity index (χ3n) is 5.66. The molecule has 0 amide bonds. The maximum atomic E-state index is 13.8. The number of nitrogens with zero attached hydrogens (tertiary/aromatic N) is 4. The van der Waals surface area contributed by atoms with Crippen LogP contribution in [0, 0.1) is 0 Å². The molecule has 0 atom stereocenters. The van der Waals surface area contributed by atoms with E-state index in [9.17, 15) is 13.6 Å². The predicted octanol–water partition coefficient (Wildman–Crippen LogP) is 5.55. The second-order valence-electron chi connectivity index (χ2n) is 7.48. The summed E-state index contributed by atoms with van der Waals surface area (Å²) >= 11 is 1.30. The normalized spacial score (nSPS) is 15.0. The summed E-state index contributed by atoms with van der Waals surface area (Å²) < 4.78 is 30.2. The first kappa shape index (κ1) is 19.2. The van der Waals surface area contributed by atoms with Crippen molar-refractivity contribution in [2.45, 2.75) is 49.2 Å². The molecule has 0 saturated heterocycles. The number of para-hydroxylation sites is 3. The van der Waals surface area contributed by atoms with Crippen molar-refractivity contribution in [1.82, 2.24) is 19.1 Å². The lowest BCUT2D eigenvalue weighted by Gasteiger charge is -2.18. The summed E-state index contributed by atoms with van der Waals surface area (Å²) in [5.41, 5.74) is 1.51. The summed E-state index contributed by atoms with van der Waals surface area (Å²) in [5.74, 6) is 0.479. The molecule has 1 fully saturated rings. The highest BCUT2D eigenvalue weighted by atomic mass is 32.2. The van der Waals surface area contributed by atoms with Crippen LogP contribution in [0.15, 0.2) is 58.5 Å². The molecule has 0 aliphatic heterocycles. The maximum absolute atomic E-state index is 13.8. The topological polar surface area (TPSA) is 52.7 Å². The Morgan fingerprint density at radius 3 is 2.47 bits per heavy atom. The van der Waals surface area contributed by atoms with Crippen molar-refractivity contribution < 1.29 is 8.78 Å². The van der Waals surface area contributed by atoms with Gasteiger partial charge in [-0.3, -0.25) is 13.9 Å². The van der Waals surface area contributed by atoms with E-state index in [2.05, 4.69) is 4.98 Å². The van der Waals surface area contributed by atoms with E-state index < -0.39 is 6.55 Å². The molecule has 0 N–H and O–H groups in total. The van der Waals surface area contributed by atoms with Crippen LogP contribution in [0.5, 0.6) is 0 Å². The first-order valence-electron chi connectivity index (χ1n) is 10.0. The van der Waals surface area contributed by atoms with Crippen LogP contribution in [-0.4, -0.2) is 19.1 Å². The first-order chi connectivity index (χ1) is 14.6. The van der Waals surface area contributed by atoms with Gasteiger partial charge in [0.05, 0.1) is 27.7 Å². The monoisotopic (exact) mass is 426 g/mol. The number of imidazole rings is 1. The molecule has 2 aromatic carbocycles. The highest BCUT2D eigenvalue weighted by molar-refractivity contribution is 7.98. The number of aromatic nitrogens is 4. The Bertz CT molecular complexity index is 1280. The second kappa shape index (κ2) is 7.83. The fourth-order valence-corrected chi connectivity index (χ4v) is 5.25. The molecule has 4 aromatic rings. The van der Waals surface area contributed by atoms with E-state index in [0.29, 0.717) is 27.1 Å². The fraction of sp³-hybridized carbons (Fsp3) is 0.318. The van der Waals surface area contributed by atoms with Gasteiger partial charge in [-0.15, -0.1) is 0 Å².